The van der Waals surface area contributed by atoms with E-state index in [-0.39, 0.29) is 5.41 Å². The Kier molecular flexibility index (Phi) is 10.2. The molecule has 280 valence electrons. The smallest absolute Gasteiger partial charge is 0.160 e. The van der Waals surface area contributed by atoms with Crippen molar-refractivity contribution in [2.75, 3.05) is 0 Å². The summed E-state index contributed by atoms with van der Waals surface area (Å²) in [5.41, 5.74) is 11.7. The van der Waals surface area contributed by atoms with Crippen molar-refractivity contribution in [2.24, 2.45) is 0 Å². The van der Waals surface area contributed by atoms with Gasteiger partial charge in [-0.25, -0.2) is 19.9 Å². The van der Waals surface area contributed by atoms with Gasteiger partial charge in [0.25, 0.3) is 0 Å². The maximum atomic E-state index is 10.6. The third kappa shape index (κ3) is 6.99. The first kappa shape index (κ1) is 36.6. The average Bonchev–Trinajstić information content (AvgIpc) is 3.32. The molecular weight excluding hydrogens is 709 g/mol. The van der Waals surface area contributed by atoms with Gasteiger partial charge in [-0.2, -0.15) is 10.5 Å². The van der Waals surface area contributed by atoms with Crippen LogP contribution in [0.1, 0.15) is 85.7 Å². The molecule has 0 unspecified atom stereocenters. The summed E-state index contributed by atoms with van der Waals surface area (Å²) in [6.45, 7) is 0. The Morgan fingerprint density at radius 1 is 0.414 bits per heavy atom. The molecule has 0 aliphatic heterocycles. The Morgan fingerprint density at radius 3 is 1.26 bits per heavy atom. The van der Waals surface area contributed by atoms with Gasteiger partial charge in [-0.3, -0.25) is 0 Å². The normalized spacial score (nSPS) is 14.8. The van der Waals surface area contributed by atoms with Gasteiger partial charge in [0.05, 0.1) is 22.8 Å². The first-order valence-corrected chi connectivity index (χ1v) is 20.4. The standard InChI is InChI=1S/C52H42N6/c53-34-44-46(36-16-6-1-7-17-36)55-50(40-20-10-3-11-21-40)57-48(44)38-24-28-42(29-25-38)52(32-14-5-15-33-52)43-30-26-39(27-31-43)49-45(35-54)47(37-18-8-2-9-19-37)56-51(58-49)41-22-12-4-13-23-41/h1,3-4,6-7,10-13,16-18,20-31H,2,5,8-9,14-15,19,32-33H2. The Hall–Kier alpha value is -7.02. The molecule has 9 rings (SSSR count). The van der Waals surface area contributed by atoms with E-state index in [1.807, 2.05) is 91.0 Å². The lowest BCUT2D eigenvalue weighted by atomic mass is 9.65. The summed E-state index contributed by atoms with van der Waals surface area (Å²) >= 11 is 0. The number of allylic oxidation sites excluding steroid dienone is 2. The van der Waals surface area contributed by atoms with Crippen molar-refractivity contribution >= 4 is 5.57 Å². The minimum absolute atomic E-state index is 0.180. The number of rotatable bonds is 8. The lowest BCUT2D eigenvalue weighted by Gasteiger charge is -2.39. The molecule has 1 saturated carbocycles. The summed E-state index contributed by atoms with van der Waals surface area (Å²) in [6.07, 6.45) is 12.0. The summed E-state index contributed by atoms with van der Waals surface area (Å²) in [6, 6.07) is 52.3. The van der Waals surface area contributed by atoms with Crippen LogP contribution in [0.2, 0.25) is 0 Å². The molecule has 0 spiro atoms. The first-order chi connectivity index (χ1) is 28.6. The number of nitriles is 2. The van der Waals surface area contributed by atoms with Crippen LogP contribution in [0.3, 0.4) is 0 Å². The van der Waals surface area contributed by atoms with Crippen LogP contribution in [-0.4, -0.2) is 19.9 Å². The van der Waals surface area contributed by atoms with E-state index in [1.54, 1.807) is 0 Å². The number of hydrogen-bond donors (Lipinski definition) is 0. The molecule has 58 heavy (non-hydrogen) atoms. The Balaban J connectivity index is 1.11. The van der Waals surface area contributed by atoms with Crippen molar-refractivity contribution in [1.82, 2.24) is 19.9 Å². The summed E-state index contributed by atoms with van der Waals surface area (Å²) in [7, 11) is 0. The second-order valence-corrected chi connectivity index (χ2v) is 15.3. The first-order valence-electron chi connectivity index (χ1n) is 20.4. The maximum Gasteiger partial charge on any atom is 0.160 e. The van der Waals surface area contributed by atoms with E-state index in [2.05, 4.69) is 66.7 Å². The Bertz CT molecular complexity index is 2680. The zero-order valence-corrected chi connectivity index (χ0v) is 32.4. The van der Waals surface area contributed by atoms with Gasteiger partial charge in [0.2, 0.25) is 0 Å². The van der Waals surface area contributed by atoms with E-state index >= 15 is 0 Å². The molecule has 1 fully saturated rings. The molecule has 7 aromatic rings. The van der Waals surface area contributed by atoms with Crippen molar-refractivity contribution in [3.63, 3.8) is 0 Å². The fourth-order valence-corrected chi connectivity index (χ4v) is 8.87. The van der Waals surface area contributed by atoms with Crippen molar-refractivity contribution in [2.45, 2.75) is 63.2 Å². The van der Waals surface area contributed by atoms with Crippen LogP contribution < -0.4 is 0 Å². The minimum Gasteiger partial charge on any atom is -0.227 e. The maximum absolute atomic E-state index is 10.6. The molecule has 5 aromatic carbocycles. The molecular formula is C52H42N6. The van der Waals surface area contributed by atoms with Crippen LogP contribution in [-0.2, 0) is 5.41 Å². The van der Waals surface area contributed by atoms with Gasteiger partial charge in [-0.15, -0.1) is 0 Å². The van der Waals surface area contributed by atoms with Crippen LogP contribution in [0, 0.1) is 22.7 Å². The van der Waals surface area contributed by atoms with E-state index in [4.69, 9.17) is 19.9 Å². The third-order valence-corrected chi connectivity index (χ3v) is 11.9. The molecule has 0 atom stereocenters. The van der Waals surface area contributed by atoms with Crippen LogP contribution in [0.25, 0.3) is 62.1 Å². The zero-order valence-electron chi connectivity index (χ0n) is 32.4. The number of aromatic nitrogens is 4. The largest absolute Gasteiger partial charge is 0.227 e. The molecule has 0 saturated heterocycles. The highest BCUT2D eigenvalue weighted by Gasteiger charge is 2.36. The third-order valence-electron chi connectivity index (χ3n) is 11.9. The zero-order chi connectivity index (χ0) is 39.3. The quantitative estimate of drug-likeness (QED) is 0.153. The van der Waals surface area contributed by atoms with Gasteiger partial charge in [0.1, 0.15) is 23.3 Å². The molecule has 0 amide bonds. The fraction of sp³-hybridized carbons (Fsp3) is 0.192. The summed E-state index contributed by atoms with van der Waals surface area (Å²) < 4.78 is 0. The van der Waals surface area contributed by atoms with Crippen molar-refractivity contribution in [3.8, 4) is 68.7 Å². The molecule has 6 nitrogen and oxygen atoms in total. The molecule has 2 heterocycles. The summed E-state index contributed by atoms with van der Waals surface area (Å²) in [5.74, 6) is 1.22. The molecule has 2 aliphatic carbocycles. The van der Waals surface area contributed by atoms with Crippen LogP contribution >= 0.6 is 0 Å². The second-order valence-electron chi connectivity index (χ2n) is 15.3. The van der Waals surface area contributed by atoms with Crippen LogP contribution in [0.15, 0.2) is 146 Å². The molecule has 6 heteroatoms. The highest BCUT2D eigenvalue weighted by atomic mass is 14.9. The summed E-state index contributed by atoms with van der Waals surface area (Å²) in [4.78, 5) is 20.1. The van der Waals surface area contributed by atoms with Gasteiger partial charge in [-0.1, -0.05) is 165 Å². The molecule has 2 aromatic heterocycles. The predicted octanol–water partition coefficient (Wildman–Crippen LogP) is 12.6. The predicted molar refractivity (Wildman–Crippen MR) is 231 cm³/mol. The van der Waals surface area contributed by atoms with E-state index in [9.17, 15) is 10.5 Å². The van der Waals surface area contributed by atoms with E-state index in [0.29, 0.717) is 39.9 Å². The van der Waals surface area contributed by atoms with Crippen LogP contribution in [0.4, 0.5) is 0 Å². The number of nitrogens with zero attached hydrogens (tertiary/aromatic N) is 6. The Morgan fingerprint density at radius 2 is 0.828 bits per heavy atom. The molecule has 0 radical (unpaired) electrons. The Labute approximate surface area is 340 Å². The lowest BCUT2D eigenvalue weighted by molar-refractivity contribution is 0.346. The highest BCUT2D eigenvalue weighted by molar-refractivity contribution is 5.81. The van der Waals surface area contributed by atoms with E-state index in [1.165, 1.54) is 17.5 Å². The van der Waals surface area contributed by atoms with E-state index < -0.39 is 0 Å². The van der Waals surface area contributed by atoms with Crippen molar-refractivity contribution in [1.29, 1.82) is 10.5 Å². The van der Waals surface area contributed by atoms with Gasteiger partial charge in [-0.05, 0) is 55.2 Å². The highest BCUT2D eigenvalue weighted by Crippen LogP contribution is 2.46. The van der Waals surface area contributed by atoms with E-state index in [0.717, 1.165) is 90.5 Å². The minimum atomic E-state index is -0.180. The van der Waals surface area contributed by atoms with Crippen molar-refractivity contribution in [3.05, 3.63) is 174 Å². The lowest BCUT2D eigenvalue weighted by Crippen LogP contribution is -2.30. The fourth-order valence-electron chi connectivity index (χ4n) is 8.87. The average molecular weight is 751 g/mol. The molecule has 0 N–H and O–H groups in total. The topological polar surface area (TPSA) is 99.1 Å². The number of hydrogen-bond acceptors (Lipinski definition) is 6. The molecule has 2 aliphatic rings. The second kappa shape index (κ2) is 16.2. The van der Waals surface area contributed by atoms with Gasteiger partial charge in [0, 0.05) is 33.2 Å². The van der Waals surface area contributed by atoms with Gasteiger partial charge >= 0.3 is 0 Å². The van der Waals surface area contributed by atoms with Crippen LogP contribution in [0.5, 0.6) is 0 Å². The number of benzene rings is 5. The van der Waals surface area contributed by atoms with Crippen molar-refractivity contribution < 1.29 is 0 Å². The SMILES string of the molecule is N#Cc1c(C2=CCCCC2)nc(-c2ccccc2)nc1-c1ccc(C2(c3ccc(-c4nc(-c5ccccc5)nc(-c5ccccc5)c4C#N)cc3)CCCCC2)cc1. The van der Waals surface area contributed by atoms with Gasteiger partial charge < -0.3 is 0 Å². The summed E-state index contributed by atoms with van der Waals surface area (Å²) in [5, 5.41) is 21.2. The molecule has 0 bridgehead atoms. The monoisotopic (exact) mass is 750 g/mol. The van der Waals surface area contributed by atoms with Gasteiger partial charge in [0.15, 0.2) is 11.6 Å².